The maximum absolute atomic E-state index is 13.5. The van der Waals surface area contributed by atoms with E-state index in [0.29, 0.717) is 5.00 Å². The van der Waals surface area contributed by atoms with Gasteiger partial charge in [-0.2, -0.15) is 0 Å². The molecule has 0 fully saturated rings. The highest BCUT2D eigenvalue weighted by Crippen LogP contribution is 2.24. The van der Waals surface area contributed by atoms with Crippen LogP contribution in [0.4, 0.5) is 18.6 Å². The summed E-state index contributed by atoms with van der Waals surface area (Å²) in [6, 6.07) is 6.28. The predicted octanol–water partition coefficient (Wildman–Crippen LogP) is 3.71. The van der Waals surface area contributed by atoms with E-state index >= 15 is 0 Å². The first kappa shape index (κ1) is 12.5. The molecule has 1 N–H and O–H groups in total. The van der Waals surface area contributed by atoms with Gasteiger partial charge in [-0.15, -0.1) is 11.3 Å². The Morgan fingerprint density at radius 2 is 2.11 bits per heavy atom. The summed E-state index contributed by atoms with van der Waals surface area (Å²) in [5, 5.41) is 11.3. The number of thiophene rings is 1. The Labute approximate surface area is 106 Å². The number of carbonyl (C=O) groups is 1. The summed E-state index contributed by atoms with van der Waals surface area (Å²) in [4.78, 5) is 12.1. The molecule has 6 heteroatoms. The molecule has 2 aromatic rings. The van der Waals surface area contributed by atoms with Gasteiger partial charge < -0.3 is 5.11 Å². The lowest BCUT2D eigenvalue weighted by molar-refractivity contribution is 0.201. The molecule has 18 heavy (non-hydrogen) atoms. The van der Waals surface area contributed by atoms with E-state index in [2.05, 4.69) is 0 Å². The van der Waals surface area contributed by atoms with E-state index in [4.69, 9.17) is 5.11 Å². The molecule has 0 unspecified atom stereocenters. The quantitative estimate of drug-likeness (QED) is 0.922. The van der Waals surface area contributed by atoms with E-state index in [-0.39, 0.29) is 12.1 Å². The molecule has 1 amide bonds. The van der Waals surface area contributed by atoms with Gasteiger partial charge in [0.05, 0.1) is 6.54 Å². The second-order valence-corrected chi connectivity index (χ2v) is 4.48. The summed E-state index contributed by atoms with van der Waals surface area (Å²) in [6.07, 6.45) is -1.21. The van der Waals surface area contributed by atoms with Crippen molar-refractivity contribution in [1.29, 1.82) is 0 Å². The number of hydrogen-bond donors (Lipinski definition) is 1. The van der Waals surface area contributed by atoms with Crippen molar-refractivity contribution in [2.24, 2.45) is 0 Å². The van der Waals surface area contributed by atoms with Crippen LogP contribution in [-0.4, -0.2) is 11.2 Å². The number of carboxylic acid groups (broad SMARTS) is 1. The number of anilines is 1. The lowest BCUT2D eigenvalue weighted by Gasteiger charge is -2.17. The van der Waals surface area contributed by atoms with E-state index in [1.165, 1.54) is 11.3 Å². The minimum atomic E-state index is -1.21. The fraction of sp³-hybridized carbons (Fsp3) is 0.0833. The van der Waals surface area contributed by atoms with Crippen LogP contribution < -0.4 is 4.90 Å². The molecule has 94 valence electrons. The van der Waals surface area contributed by atoms with Crippen molar-refractivity contribution in [3.63, 3.8) is 0 Å². The van der Waals surface area contributed by atoms with Crippen LogP contribution in [0.2, 0.25) is 0 Å². The molecule has 0 spiro atoms. The zero-order valence-corrected chi connectivity index (χ0v) is 9.95. The third-order valence-electron chi connectivity index (χ3n) is 2.34. The molecule has 0 aliphatic carbocycles. The first-order valence-electron chi connectivity index (χ1n) is 5.06. The van der Waals surface area contributed by atoms with Crippen LogP contribution in [0.1, 0.15) is 5.56 Å². The van der Waals surface area contributed by atoms with E-state index in [1.807, 2.05) is 0 Å². The highest BCUT2D eigenvalue weighted by atomic mass is 32.1. The third kappa shape index (κ3) is 2.65. The van der Waals surface area contributed by atoms with Crippen LogP contribution >= 0.6 is 11.3 Å². The summed E-state index contributed by atoms with van der Waals surface area (Å²) >= 11 is 1.22. The Morgan fingerprint density at radius 1 is 1.33 bits per heavy atom. The van der Waals surface area contributed by atoms with Crippen molar-refractivity contribution in [1.82, 2.24) is 0 Å². The van der Waals surface area contributed by atoms with Crippen molar-refractivity contribution in [2.75, 3.05) is 4.90 Å². The van der Waals surface area contributed by atoms with Crippen LogP contribution in [0.15, 0.2) is 35.7 Å². The summed E-state index contributed by atoms with van der Waals surface area (Å²) in [5.41, 5.74) is 0.00537. The Balaban J connectivity index is 2.30. The SMILES string of the molecule is O=C(O)N(Cc1cc(F)ccc1F)c1cccs1. The van der Waals surface area contributed by atoms with E-state index < -0.39 is 17.7 Å². The van der Waals surface area contributed by atoms with Crippen molar-refractivity contribution < 1.29 is 18.7 Å². The molecule has 1 aromatic heterocycles. The van der Waals surface area contributed by atoms with Crippen LogP contribution in [0.25, 0.3) is 0 Å². The number of rotatable bonds is 3. The molecule has 0 aliphatic heterocycles. The van der Waals surface area contributed by atoms with Crippen molar-refractivity contribution in [2.45, 2.75) is 6.54 Å². The number of benzene rings is 1. The zero-order chi connectivity index (χ0) is 13.1. The minimum absolute atomic E-state index is 0.00537. The number of amides is 1. The first-order chi connectivity index (χ1) is 8.58. The number of hydrogen-bond acceptors (Lipinski definition) is 2. The first-order valence-corrected chi connectivity index (χ1v) is 5.94. The standard InChI is InChI=1S/C12H9F2NO2S/c13-9-3-4-10(14)8(6-9)7-15(12(16)17)11-2-1-5-18-11/h1-6H,7H2,(H,16,17). The number of halogens is 2. The van der Waals surface area contributed by atoms with Crippen LogP contribution in [-0.2, 0) is 6.54 Å². The third-order valence-corrected chi connectivity index (χ3v) is 3.23. The molecule has 0 bridgehead atoms. The van der Waals surface area contributed by atoms with Gasteiger partial charge in [-0.1, -0.05) is 0 Å². The zero-order valence-electron chi connectivity index (χ0n) is 9.14. The molecule has 1 aromatic carbocycles. The topological polar surface area (TPSA) is 40.5 Å². The van der Waals surface area contributed by atoms with Gasteiger partial charge in [0.1, 0.15) is 16.6 Å². The molecule has 0 saturated carbocycles. The average Bonchev–Trinajstić information content (AvgIpc) is 2.83. The Hall–Kier alpha value is -1.95. The normalized spacial score (nSPS) is 10.3. The van der Waals surface area contributed by atoms with E-state index in [9.17, 15) is 13.6 Å². The largest absolute Gasteiger partial charge is 0.465 e. The molecule has 0 atom stereocenters. The second-order valence-electron chi connectivity index (χ2n) is 3.56. The minimum Gasteiger partial charge on any atom is -0.465 e. The predicted molar refractivity (Wildman–Crippen MR) is 64.9 cm³/mol. The van der Waals surface area contributed by atoms with Gasteiger partial charge in [0, 0.05) is 5.56 Å². The Kier molecular flexibility index (Phi) is 3.57. The Morgan fingerprint density at radius 3 is 2.72 bits per heavy atom. The van der Waals surface area contributed by atoms with Crippen LogP contribution in [0.5, 0.6) is 0 Å². The average molecular weight is 269 g/mol. The molecular formula is C12H9F2NO2S. The lowest BCUT2D eigenvalue weighted by Crippen LogP contribution is -2.28. The highest BCUT2D eigenvalue weighted by Gasteiger charge is 2.17. The molecule has 0 radical (unpaired) electrons. The maximum atomic E-state index is 13.5. The monoisotopic (exact) mass is 269 g/mol. The molecule has 0 saturated heterocycles. The lowest BCUT2D eigenvalue weighted by atomic mass is 10.2. The summed E-state index contributed by atoms with van der Waals surface area (Å²) in [5.74, 6) is -1.22. The second kappa shape index (κ2) is 5.14. The molecule has 1 heterocycles. The Bertz CT molecular complexity index is 557. The molecule has 2 rings (SSSR count). The van der Waals surface area contributed by atoms with Crippen LogP contribution in [0, 0.1) is 11.6 Å². The van der Waals surface area contributed by atoms with Crippen molar-refractivity contribution in [3.05, 3.63) is 52.9 Å². The summed E-state index contributed by atoms with van der Waals surface area (Å²) in [6.45, 7) is -0.223. The fourth-order valence-electron chi connectivity index (χ4n) is 1.50. The van der Waals surface area contributed by atoms with Gasteiger partial charge in [-0.05, 0) is 35.7 Å². The summed E-state index contributed by atoms with van der Waals surface area (Å²) < 4.78 is 26.5. The highest BCUT2D eigenvalue weighted by molar-refractivity contribution is 7.14. The fourth-order valence-corrected chi connectivity index (χ4v) is 2.22. The smallest absolute Gasteiger partial charge is 0.412 e. The van der Waals surface area contributed by atoms with Gasteiger partial charge in [-0.25, -0.2) is 13.6 Å². The summed E-state index contributed by atoms with van der Waals surface area (Å²) in [7, 11) is 0. The van der Waals surface area contributed by atoms with E-state index in [0.717, 1.165) is 23.1 Å². The van der Waals surface area contributed by atoms with Gasteiger partial charge in [-0.3, -0.25) is 4.90 Å². The van der Waals surface area contributed by atoms with Gasteiger partial charge in [0.25, 0.3) is 0 Å². The molecule has 3 nitrogen and oxygen atoms in total. The van der Waals surface area contributed by atoms with Crippen molar-refractivity contribution >= 4 is 22.4 Å². The van der Waals surface area contributed by atoms with Crippen molar-refractivity contribution in [3.8, 4) is 0 Å². The number of nitrogens with zero attached hydrogens (tertiary/aromatic N) is 1. The van der Waals surface area contributed by atoms with Gasteiger partial charge >= 0.3 is 6.09 Å². The van der Waals surface area contributed by atoms with Crippen LogP contribution in [0.3, 0.4) is 0 Å². The van der Waals surface area contributed by atoms with E-state index in [1.54, 1.807) is 17.5 Å². The van der Waals surface area contributed by atoms with Gasteiger partial charge in [0.15, 0.2) is 0 Å². The molecule has 0 aliphatic rings. The van der Waals surface area contributed by atoms with Gasteiger partial charge in [0.2, 0.25) is 0 Å². The molecular weight excluding hydrogens is 260 g/mol. The maximum Gasteiger partial charge on any atom is 0.412 e.